The van der Waals surface area contributed by atoms with E-state index in [1.165, 1.54) is 0 Å². The molecule has 0 aliphatic rings. The predicted octanol–water partition coefficient (Wildman–Crippen LogP) is 0.706. The number of hydrogen-bond donors (Lipinski definition) is 0. The highest BCUT2D eigenvalue weighted by Crippen LogP contribution is 1.79. The van der Waals surface area contributed by atoms with E-state index in [-0.39, 0.29) is 0 Å². The Hall–Kier alpha value is -0.770. The number of halogens is 1. The highest BCUT2D eigenvalue weighted by atomic mass is 35.5. The van der Waals surface area contributed by atoms with E-state index < -0.39 is 5.97 Å². The molecule has 0 aromatic rings. The van der Waals surface area contributed by atoms with Gasteiger partial charge in [0, 0.05) is 0 Å². The lowest BCUT2D eigenvalue weighted by molar-refractivity contribution is -0.134. The number of carbonyl (C=O) groups excluding carboxylic acids is 1. The van der Waals surface area contributed by atoms with Crippen molar-refractivity contribution < 1.29 is 13.9 Å². The van der Waals surface area contributed by atoms with Crippen molar-refractivity contribution in [3.63, 3.8) is 0 Å². The highest BCUT2D eigenvalue weighted by Gasteiger charge is 1.92. The van der Waals surface area contributed by atoms with E-state index in [4.69, 9.17) is 0 Å². The summed E-state index contributed by atoms with van der Waals surface area (Å²) in [4.78, 5) is 10.3. The number of rotatable bonds is 3. The summed E-state index contributed by atoms with van der Waals surface area (Å²) in [7, 11) is 0. The summed E-state index contributed by atoms with van der Waals surface area (Å²) in [6.45, 7) is 2.00. The molecule has 0 bridgehead atoms. The van der Waals surface area contributed by atoms with Crippen LogP contribution in [0.25, 0.3) is 0 Å². The van der Waals surface area contributed by atoms with Gasteiger partial charge < -0.3 is 4.74 Å². The van der Waals surface area contributed by atoms with Gasteiger partial charge in [-0.25, -0.2) is 4.79 Å². The van der Waals surface area contributed by atoms with Crippen LogP contribution in [0.5, 0.6) is 0 Å². The maximum atomic E-state index is 10.3. The quantitative estimate of drug-likeness (QED) is 0.339. The Labute approximate surface area is 57.5 Å². The minimum absolute atomic E-state index is 0.313. The van der Waals surface area contributed by atoms with Crippen molar-refractivity contribution in [2.75, 3.05) is 6.61 Å². The topological polar surface area (TPSA) is 47.9 Å². The van der Waals surface area contributed by atoms with Gasteiger partial charge >= 0.3 is 5.97 Å². The number of ether oxygens (including phenoxy) is 1. The molecule has 0 spiro atoms. The van der Waals surface area contributed by atoms with Crippen molar-refractivity contribution in [2.45, 2.75) is 6.92 Å². The molecule has 5 heteroatoms. The maximum Gasteiger partial charge on any atom is 0.352 e. The average molecular weight is 152 g/mol. The van der Waals surface area contributed by atoms with E-state index in [9.17, 15) is 4.79 Å². The third-order valence-electron chi connectivity index (χ3n) is 0.485. The standard InChI is InChI=1S/C4H6ClNO3/c1-2-8-4(7)3-6-9-5/h3H,2H2,1H3. The van der Waals surface area contributed by atoms with E-state index in [1.54, 1.807) is 6.92 Å². The highest BCUT2D eigenvalue weighted by molar-refractivity contribution is 6.23. The van der Waals surface area contributed by atoms with E-state index in [1.807, 2.05) is 0 Å². The summed E-state index contributed by atoms with van der Waals surface area (Å²) in [5.41, 5.74) is 0. The van der Waals surface area contributed by atoms with Crippen molar-refractivity contribution in [3.05, 3.63) is 0 Å². The Bertz CT molecular complexity index is 114. The van der Waals surface area contributed by atoms with Gasteiger partial charge in [-0.1, -0.05) is 5.16 Å². The largest absolute Gasteiger partial charge is 0.462 e. The Morgan fingerprint density at radius 2 is 2.56 bits per heavy atom. The zero-order valence-corrected chi connectivity index (χ0v) is 5.59. The van der Waals surface area contributed by atoms with Crippen LogP contribution in [0, 0.1) is 0 Å². The van der Waals surface area contributed by atoms with Crippen LogP contribution in [0.2, 0.25) is 0 Å². The van der Waals surface area contributed by atoms with Gasteiger partial charge in [0.25, 0.3) is 0 Å². The summed E-state index contributed by atoms with van der Waals surface area (Å²) in [5.74, 6) is -0.571. The molecule has 0 amide bonds. The third kappa shape index (κ3) is 5.10. The summed E-state index contributed by atoms with van der Waals surface area (Å²) in [5, 5.41) is 2.96. The van der Waals surface area contributed by atoms with Crippen molar-refractivity contribution in [3.8, 4) is 0 Å². The molecular formula is C4H6ClNO3. The van der Waals surface area contributed by atoms with Crippen LogP contribution in [-0.2, 0) is 13.9 Å². The molecule has 52 valence electrons. The van der Waals surface area contributed by atoms with Crippen LogP contribution in [0.1, 0.15) is 6.92 Å². The maximum absolute atomic E-state index is 10.3. The summed E-state index contributed by atoms with van der Waals surface area (Å²) < 4.78 is 8.12. The molecule has 0 saturated heterocycles. The van der Waals surface area contributed by atoms with E-state index in [0.717, 1.165) is 6.21 Å². The Morgan fingerprint density at radius 3 is 3.00 bits per heavy atom. The molecule has 0 unspecified atom stereocenters. The molecule has 0 saturated carbocycles. The summed E-state index contributed by atoms with van der Waals surface area (Å²) in [6, 6.07) is 0. The van der Waals surface area contributed by atoms with Crippen molar-refractivity contribution in [1.29, 1.82) is 0 Å². The molecule has 0 atom stereocenters. The smallest absolute Gasteiger partial charge is 0.352 e. The lowest BCUT2D eigenvalue weighted by Gasteiger charge is -1.91. The first-order chi connectivity index (χ1) is 4.31. The fourth-order valence-corrected chi connectivity index (χ4v) is 0.282. The molecule has 0 N–H and O–H groups in total. The van der Waals surface area contributed by atoms with Crippen molar-refractivity contribution in [1.82, 2.24) is 0 Å². The van der Waals surface area contributed by atoms with Gasteiger partial charge in [-0.2, -0.15) is 0 Å². The third-order valence-corrected chi connectivity index (χ3v) is 0.564. The number of oxime groups is 1. The predicted molar refractivity (Wildman–Crippen MR) is 32.1 cm³/mol. The monoisotopic (exact) mass is 151 g/mol. The molecule has 0 aliphatic carbocycles. The van der Waals surface area contributed by atoms with Gasteiger partial charge in [-0.05, 0) is 6.92 Å². The lowest BCUT2D eigenvalue weighted by atomic mass is 10.7. The van der Waals surface area contributed by atoms with Gasteiger partial charge in [0.05, 0.1) is 6.61 Å². The Kier molecular flexibility index (Phi) is 4.91. The molecule has 4 nitrogen and oxygen atoms in total. The van der Waals surface area contributed by atoms with Crippen LogP contribution >= 0.6 is 11.9 Å². The van der Waals surface area contributed by atoms with Gasteiger partial charge in [0.15, 0.2) is 18.1 Å². The second-order valence-electron chi connectivity index (χ2n) is 1.06. The second kappa shape index (κ2) is 5.37. The molecule has 0 aromatic carbocycles. The van der Waals surface area contributed by atoms with Crippen molar-refractivity contribution in [2.24, 2.45) is 5.16 Å². The normalized spacial score (nSPS) is 9.56. The van der Waals surface area contributed by atoms with E-state index in [2.05, 4.69) is 26.1 Å². The zero-order valence-electron chi connectivity index (χ0n) is 4.83. The first-order valence-electron chi connectivity index (χ1n) is 2.29. The van der Waals surface area contributed by atoms with Crippen LogP contribution in [0.3, 0.4) is 0 Å². The van der Waals surface area contributed by atoms with E-state index in [0.29, 0.717) is 6.61 Å². The Morgan fingerprint density at radius 1 is 1.89 bits per heavy atom. The molecule has 0 radical (unpaired) electrons. The number of nitrogens with zero attached hydrogens (tertiary/aromatic N) is 1. The van der Waals surface area contributed by atoms with Crippen LogP contribution in [-0.4, -0.2) is 18.8 Å². The molecule has 9 heavy (non-hydrogen) atoms. The summed E-state index contributed by atoms with van der Waals surface area (Å²) >= 11 is 4.64. The fourth-order valence-electron chi connectivity index (χ4n) is 0.242. The van der Waals surface area contributed by atoms with E-state index >= 15 is 0 Å². The van der Waals surface area contributed by atoms with Crippen LogP contribution < -0.4 is 0 Å². The minimum atomic E-state index is -0.571. The van der Waals surface area contributed by atoms with Gasteiger partial charge in [-0.15, -0.1) is 0 Å². The average Bonchev–Trinajstić information content (AvgIpc) is 1.85. The lowest BCUT2D eigenvalue weighted by Crippen LogP contribution is -2.04. The molecule has 0 aromatic heterocycles. The van der Waals surface area contributed by atoms with Gasteiger partial charge in [0.2, 0.25) is 0 Å². The van der Waals surface area contributed by atoms with Gasteiger partial charge in [0.1, 0.15) is 0 Å². The zero-order chi connectivity index (χ0) is 7.11. The molecule has 0 aliphatic heterocycles. The number of hydrogen-bond acceptors (Lipinski definition) is 4. The number of esters is 1. The number of carbonyl (C=O) groups is 1. The minimum Gasteiger partial charge on any atom is -0.462 e. The Balaban J connectivity index is 3.37. The molecule has 0 heterocycles. The van der Waals surface area contributed by atoms with Gasteiger partial charge in [-0.3, -0.25) is 4.39 Å². The van der Waals surface area contributed by atoms with Crippen molar-refractivity contribution >= 4 is 24.0 Å². The molecule has 0 rings (SSSR count). The second-order valence-corrected chi connectivity index (χ2v) is 1.19. The summed E-state index contributed by atoms with van der Waals surface area (Å²) in [6.07, 6.45) is 0.844. The first kappa shape index (κ1) is 8.23. The first-order valence-corrected chi connectivity index (χ1v) is 2.60. The van der Waals surface area contributed by atoms with Crippen LogP contribution in [0.4, 0.5) is 0 Å². The fraction of sp³-hybridized carbons (Fsp3) is 0.500. The molecule has 0 fully saturated rings. The SMILES string of the molecule is CCOC(=O)C=NOCl. The van der Waals surface area contributed by atoms with Crippen LogP contribution in [0.15, 0.2) is 5.16 Å². The molecular weight excluding hydrogens is 146 g/mol.